The van der Waals surface area contributed by atoms with Crippen LogP contribution in [0.15, 0.2) is 48.5 Å². The second kappa shape index (κ2) is 9.10. The lowest BCUT2D eigenvalue weighted by atomic mass is 9.91. The molecular formula is C24H26ClFN4O. The van der Waals surface area contributed by atoms with Crippen molar-refractivity contribution in [1.82, 2.24) is 10.3 Å². The zero-order chi connectivity index (χ0) is 22.0. The van der Waals surface area contributed by atoms with Gasteiger partial charge in [-0.3, -0.25) is 4.79 Å². The maximum Gasteiger partial charge on any atom is 0.253 e. The Morgan fingerprint density at radius 1 is 1.06 bits per heavy atom. The fourth-order valence-electron chi connectivity index (χ4n) is 4.13. The summed E-state index contributed by atoms with van der Waals surface area (Å²) in [5.74, 6) is 0.161. The van der Waals surface area contributed by atoms with Crippen LogP contribution in [-0.2, 0) is 0 Å². The van der Waals surface area contributed by atoms with Gasteiger partial charge in [0.15, 0.2) is 0 Å². The second-order valence-electron chi connectivity index (χ2n) is 8.23. The van der Waals surface area contributed by atoms with E-state index in [4.69, 9.17) is 16.6 Å². The van der Waals surface area contributed by atoms with E-state index in [1.807, 2.05) is 32.3 Å². The maximum absolute atomic E-state index is 13.2. The summed E-state index contributed by atoms with van der Waals surface area (Å²) in [5, 5.41) is 7.87. The van der Waals surface area contributed by atoms with Crippen molar-refractivity contribution >= 4 is 39.9 Å². The molecule has 1 heterocycles. The van der Waals surface area contributed by atoms with Gasteiger partial charge in [-0.1, -0.05) is 29.8 Å². The number of nitrogens with one attached hydrogen (secondary N) is 2. The third kappa shape index (κ3) is 4.90. The van der Waals surface area contributed by atoms with Gasteiger partial charge in [0.1, 0.15) is 11.6 Å². The van der Waals surface area contributed by atoms with E-state index in [-0.39, 0.29) is 17.0 Å². The van der Waals surface area contributed by atoms with Crippen LogP contribution in [0.5, 0.6) is 0 Å². The average molecular weight is 441 g/mol. The molecule has 31 heavy (non-hydrogen) atoms. The van der Waals surface area contributed by atoms with E-state index in [9.17, 15) is 9.18 Å². The van der Waals surface area contributed by atoms with Gasteiger partial charge in [-0.15, -0.1) is 0 Å². The zero-order valence-electron chi connectivity index (χ0n) is 17.7. The monoisotopic (exact) mass is 440 g/mol. The number of nitrogens with zero attached hydrogens (tertiary/aromatic N) is 2. The van der Waals surface area contributed by atoms with Crippen molar-refractivity contribution in [2.45, 2.75) is 37.8 Å². The molecule has 5 nitrogen and oxygen atoms in total. The van der Waals surface area contributed by atoms with Gasteiger partial charge < -0.3 is 15.5 Å². The molecule has 2 aromatic carbocycles. The fraction of sp³-hybridized carbons (Fsp3) is 0.333. The third-order valence-corrected chi connectivity index (χ3v) is 6.08. The summed E-state index contributed by atoms with van der Waals surface area (Å²) in [5.41, 5.74) is 2.40. The molecule has 4 rings (SSSR count). The van der Waals surface area contributed by atoms with Crippen molar-refractivity contribution < 1.29 is 9.18 Å². The Bertz CT molecular complexity index is 1100. The standard InChI is InChI=1S/C24H26ClFN4O/c1-30(2)22-14-23(29-21-6-4-3-5-19(21)22)27-16-8-10-17(11-9-16)28-24(31)18-12-7-15(26)13-20(18)25/h3-7,12-14,16-17H,8-11H2,1-2H3,(H,27,29)(H,28,31). The molecule has 0 spiro atoms. The van der Waals surface area contributed by atoms with Crippen molar-refractivity contribution in [3.05, 3.63) is 64.9 Å². The summed E-state index contributed by atoms with van der Waals surface area (Å²) in [6, 6.07) is 14.4. The molecule has 1 aliphatic carbocycles. The third-order valence-electron chi connectivity index (χ3n) is 5.77. The van der Waals surface area contributed by atoms with E-state index in [1.165, 1.54) is 12.1 Å². The molecule has 1 amide bonds. The molecule has 7 heteroatoms. The Kier molecular flexibility index (Phi) is 6.28. The van der Waals surface area contributed by atoms with Gasteiger partial charge >= 0.3 is 0 Å². The first kappa shape index (κ1) is 21.4. The number of aromatic nitrogens is 1. The van der Waals surface area contributed by atoms with Gasteiger partial charge in [0.2, 0.25) is 0 Å². The van der Waals surface area contributed by atoms with Gasteiger partial charge in [0.25, 0.3) is 5.91 Å². The molecule has 0 bridgehead atoms. The number of anilines is 2. The maximum atomic E-state index is 13.2. The van der Waals surface area contributed by atoms with Crippen LogP contribution in [0, 0.1) is 5.82 Å². The Hall–Kier alpha value is -2.86. The number of rotatable bonds is 5. The fourth-order valence-corrected chi connectivity index (χ4v) is 4.38. The molecule has 3 aromatic rings. The van der Waals surface area contributed by atoms with Gasteiger partial charge in [-0.25, -0.2) is 9.37 Å². The summed E-state index contributed by atoms with van der Waals surface area (Å²) >= 11 is 6.01. The van der Waals surface area contributed by atoms with Crippen molar-refractivity contribution in [2.75, 3.05) is 24.3 Å². The number of hydrogen-bond donors (Lipinski definition) is 2. The van der Waals surface area contributed by atoms with Gasteiger partial charge in [-0.05, 0) is 49.9 Å². The van der Waals surface area contributed by atoms with Gasteiger partial charge in [0, 0.05) is 43.3 Å². The predicted molar refractivity (Wildman–Crippen MR) is 125 cm³/mol. The predicted octanol–water partition coefficient (Wildman–Crippen LogP) is 5.25. The Morgan fingerprint density at radius 2 is 1.77 bits per heavy atom. The normalized spacial score (nSPS) is 18.6. The van der Waals surface area contributed by atoms with E-state index in [2.05, 4.69) is 27.7 Å². The largest absolute Gasteiger partial charge is 0.377 e. The second-order valence-corrected chi connectivity index (χ2v) is 8.64. The molecule has 1 fully saturated rings. The minimum absolute atomic E-state index is 0.0774. The van der Waals surface area contributed by atoms with Crippen molar-refractivity contribution in [1.29, 1.82) is 0 Å². The Balaban J connectivity index is 1.38. The van der Waals surface area contributed by atoms with Crippen LogP contribution in [-0.4, -0.2) is 37.1 Å². The molecule has 0 aliphatic heterocycles. The number of benzene rings is 2. The van der Waals surface area contributed by atoms with Crippen LogP contribution < -0.4 is 15.5 Å². The molecule has 1 aromatic heterocycles. The number of hydrogen-bond acceptors (Lipinski definition) is 4. The van der Waals surface area contributed by atoms with E-state index in [0.717, 1.165) is 54.2 Å². The first-order valence-electron chi connectivity index (χ1n) is 10.5. The van der Waals surface area contributed by atoms with Crippen LogP contribution in [0.3, 0.4) is 0 Å². The highest BCUT2D eigenvalue weighted by atomic mass is 35.5. The summed E-state index contributed by atoms with van der Waals surface area (Å²) < 4.78 is 13.2. The van der Waals surface area contributed by atoms with Crippen LogP contribution in [0.1, 0.15) is 36.0 Å². The molecule has 0 radical (unpaired) electrons. The number of amides is 1. The zero-order valence-corrected chi connectivity index (χ0v) is 18.4. The lowest BCUT2D eigenvalue weighted by Gasteiger charge is -2.30. The summed E-state index contributed by atoms with van der Waals surface area (Å²) in [7, 11) is 4.07. The van der Waals surface area contributed by atoms with E-state index in [1.54, 1.807) is 0 Å². The molecule has 162 valence electrons. The van der Waals surface area contributed by atoms with Crippen molar-refractivity contribution in [3.63, 3.8) is 0 Å². The van der Waals surface area contributed by atoms with Gasteiger partial charge in [-0.2, -0.15) is 0 Å². The summed E-state index contributed by atoms with van der Waals surface area (Å²) in [4.78, 5) is 19.4. The SMILES string of the molecule is CN(C)c1cc(NC2CCC(NC(=O)c3ccc(F)cc3Cl)CC2)nc2ccccc12. The van der Waals surface area contributed by atoms with Crippen LogP contribution in [0.25, 0.3) is 10.9 Å². The number of para-hydroxylation sites is 1. The first-order valence-corrected chi connectivity index (χ1v) is 10.9. The number of pyridine rings is 1. The number of fused-ring (bicyclic) bond motifs is 1. The quantitative estimate of drug-likeness (QED) is 0.569. The smallest absolute Gasteiger partial charge is 0.253 e. The van der Waals surface area contributed by atoms with E-state index < -0.39 is 5.82 Å². The number of halogens is 2. The lowest BCUT2D eigenvalue weighted by molar-refractivity contribution is 0.0926. The first-order chi connectivity index (χ1) is 14.9. The lowest BCUT2D eigenvalue weighted by Crippen LogP contribution is -2.40. The van der Waals surface area contributed by atoms with Crippen molar-refractivity contribution in [2.24, 2.45) is 0 Å². The molecule has 0 saturated heterocycles. The van der Waals surface area contributed by atoms with Crippen molar-refractivity contribution in [3.8, 4) is 0 Å². The molecule has 0 atom stereocenters. The molecular weight excluding hydrogens is 415 g/mol. The minimum atomic E-state index is -0.451. The summed E-state index contributed by atoms with van der Waals surface area (Å²) in [6.45, 7) is 0. The Morgan fingerprint density at radius 3 is 2.48 bits per heavy atom. The number of carbonyl (C=O) groups excluding carboxylic acids is 1. The van der Waals surface area contributed by atoms with Crippen LogP contribution >= 0.6 is 11.6 Å². The molecule has 0 unspecified atom stereocenters. The van der Waals surface area contributed by atoms with Gasteiger partial charge in [0.05, 0.1) is 16.1 Å². The van der Waals surface area contributed by atoms with Crippen LogP contribution in [0.4, 0.5) is 15.9 Å². The van der Waals surface area contributed by atoms with Crippen LogP contribution in [0.2, 0.25) is 5.02 Å². The average Bonchev–Trinajstić information content (AvgIpc) is 2.74. The molecule has 2 N–H and O–H groups in total. The number of carbonyl (C=O) groups is 1. The molecule has 1 saturated carbocycles. The van der Waals surface area contributed by atoms with E-state index in [0.29, 0.717) is 11.6 Å². The highest BCUT2D eigenvalue weighted by Crippen LogP contribution is 2.29. The topological polar surface area (TPSA) is 57.3 Å². The van der Waals surface area contributed by atoms with E-state index >= 15 is 0 Å². The minimum Gasteiger partial charge on any atom is -0.377 e. The highest BCUT2D eigenvalue weighted by molar-refractivity contribution is 6.33. The Labute approximate surface area is 186 Å². The highest BCUT2D eigenvalue weighted by Gasteiger charge is 2.24. The summed E-state index contributed by atoms with van der Waals surface area (Å²) in [6.07, 6.45) is 3.56. The molecule has 1 aliphatic rings.